The molecule has 2 N–H and O–H groups in total. The molecule has 0 aromatic heterocycles. The van der Waals surface area contributed by atoms with E-state index in [-0.39, 0.29) is 22.3 Å². The van der Waals surface area contributed by atoms with Crippen LogP contribution in [0, 0.1) is 0 Å². The van der Waals surface area contributed by atoms with Gasteiger partial charge < -0.3 is 10.6 Å². The molecular weight excluding hydrogens is 483 g/mol. The summed E-state index contributed by atoms with van der Waals surface area (Å²) in [6.07, 6.45) is -3.32. The third-order valence-electron chi connectivity index (χ3n) is 4.67. The lowest BCUT2D eigenvalue weighted by molar-refractivity contribution is -0.137. The molecule has 0 unspecified atom stereocenters. The van der Waals surface area contributed by atoms with Crippen LogP contribution in [0.1, 0.15) is 36.2 Å². The van der Waals surface area contributed by atoms with Crippen LogP contribution in [-0.2, 0) is 21.0 Å². The second-order valence-electron chi connectivity index (χ2n) is 7.31. The molecule has 1 atom stereocenters. The molecule has 0 fully saturated rings. The number of halogens is 4. The fraction of sp³-hybridized carbons (Fsp3) is 0.333. The van der Waals surface area contributed by atoms with E-state index >= 15 is 0 Å². The average molecular weight is 506 g/mol. The minimum Gasteiger partial charge on any atom is -0.350 e. The predicted octanol–water partition coefficient (Wildman–Crippen LogP) is 4.29. The Morgan fingerprint density at radius 1 is 1.15 bits per heavy atom. The first kappa shape index (κ1) is 26.5. The number of amides is 2. The zero-order valence-corrected chi connectivity index (χ0v) is 19.6. The topological polar surface area (TPSA) is 95.6 Å². The molecule has 180 valence electrons. The molecule has 0 radical (unpaired) electrons. The van der Waals surface area contributed by atoms with Crippen molar-refractivity contribution >= 4 is 44.8 Å². The van der Waals surface area contributed by atoms with Crippen molar-refractivity contribution in [1.82, 2.24) is 5.32 Å². The maximum absolute atomic E-state index is 13.1. The van der Waals surface area contributed by atoms with Gasteiger partial charge in [-0.05, 0) is 43.7 Å². The van der Waals surface area contributed by atoms with Crippen molar-refractivity contribution in [2.24, 2.45) is 0 Å². The maximum atomic E-state index is 13.1. The Bertz CT molecular complexity index is 1140. The number of carbonyl (C=O) groups is 2. The van der Waals surface area contributed by atoms with Crippen LogP contribution < -0.4 is 14.9 Å². The molecule has 0 saturated carbocycles. The van der Waals surface area contributed by atoms with Gasteiger partial charge in [-0.1, -0.05) is 30.7 Å². The van der Waals surface area contributed by atoms with Crippen LogP contribution >= 0.6 is 11.6 Å². The molecule has 2 aromatic rings. The number of carbonyl (C=O) groups excluding carboxylic acids is 2. The number of anilines is 2. The van der Waals surface area contributed by atoms with Crippen molar-refractivity contribution in [3.8, 4) is 0 Å². The monoisotopic (exact) mass is 505 g/mol. The fourth-order valence-electron chi connectivity index (χ4n) is 2.78. The van der Waals surface area contributed by atoms with Gasteiger partial charge in [0.1, 0.15) is 6.54 Å². The highest BCUT2D eigenvalue weighted by Crippen LogP contribution is 2.36. The third kappa shape index (κ3) is 7.10. The van der Waals surface area contributed by atoms with E-state index in [9.17, 15) is 31.2 Å². The molecule has 0 spiro atoms. The molecule has 2 amide bonds. The lowest BCUT2D eigenvalue weighted by Gasteiger charge is -2.24. The first-order valence-electron chi connectivity index (χ1n) is 9.78. The minimum absolute atomic E-state index is 0.117. The number of sulfonamides is 1. The summed E-state index contributed by atoms with van der Waals surface area (Å²) in [5.41, 5.74) is -1.35. The summed E-state index contributed by atoms with van der Waals surface area (Å²) in [5, 5.41) is 4.92. The number of nitrogens with one attached hydrogen (secondary N) is 2. The summed E-state index contributed by atoms with van der Waals surface area (Å²) < 4.78 is 64.4. The highest BCUT2D eigenvalue weighted by molar-refractivity contribution is 7.92. The molecule has 2 rings (SSSR count). The van der Waals surface area contributed by atoms with E-state index in [1.165, 1.54) is 12.1 Å². The molecule has 0 aliphatic heterocycles. The molecule has 33 heavy (non-hydrogen) atoms. The second-order valence-corrected chi connectivity index (χ2v) is 9.62. The van der Waals surface area contributed by atoms with Crippen molar-refractivity contribution in [1.29, 1.82) is 0 Å². The number of hydrogen-bond donors (Lipinski definition) is 2. The highest BCUT2D eigenvalue weighted by atomic mass is 35.5. The van der Waals surface area contributed by atoms with Crippen molar-refractivity contribution < 1.29 is 31.2 Å². The summed E-state index contributed by atoms with van der Waals surface area (Å²) in [6, 6.07) is 8.13. The Labute approximate surface area is 195 Å². The van der Waals surface area contributed by atoms with E-state index < -0.39 is 45.8 Å². The molecule has 0 heterocycles. The van der Waals surface area contributed by atoms with Gasteiger partial charge in [0.15, 0.2) is 0 Å². The first-order chi connectivity index (χ1) is 15.2. The van der Waals surface area contributed by atoms with Gasteiger partial charge in [-0.3, -0.25) is 13.9 Å². The summed E-state index contributed by atoms with van der Waals surface area (Å²) in [6.45, 7) is 2.83. The molecule has 12 heteroatoms. The lowest BCUT2D eigenvalue weighted by Crippen LogP contribution is -2.38. The zero-order chi connectivity index (χ0) is 25.0. The number of rotatable bonds is 8. The molecule has 7 nitrogen and oxygen atoms in total. The van der Waals surface area contributed by atoms with Crippen LogP contribution in [0.4, 0.5) is 24.5 Å². The second kappa shape index (κ2) is 10.4. The van der Waals surface area contributed by atoms with E-state index in [1.807, 2.05) is 13.8 Å². The normalized spacial score (nSPS) is 12.7. The number of para-hydroxylation sites is 1. The Morgan fingerprint density at radius 2 is 1.79 bits per heavy atom. The SMILES string of the molecule is CC[C@@H](C)NC(=O)c1ccccc1NC(=O)CN(c1cc(C(F)(F)F)ccc1Cl)S(C)(=O)=O. The maximum Gasteiger partial charge on any atom is 0.416 e. The summed E-state index contributed by atoms with van der Waals surface area (Å²) in [5.74, 6) is -1.32. The average Bonchev–Trinajstić information content (AvgIpc) is 2.71. The van der Waals surface area contributed by atoms with E-state index in [4.69, 9.17) is 11.6 Å². The van der Waals surface area contributed by atoms with E-state index in [2.05, 4.69) is 10.6 Å². The lowest BCUT2D eigenvalue weighted by atomic mass is 10.1. The zero-order valence-electron chi connectivity index (χ0n) is 18.0. The summed E-state index contributed by atoms with van der Waals surface area (Å²) >= 11 is 5.96. The summed E-state index contributed by atoms with van der Waals surface area (Å²) in [7, 11) is -4.19. The third-order valence-corrected chi connectivity index (χ3v) is 6.11. The number of benzene rings is 2. The van der Waals surface area contributed by atoms with Crippen molar-refractivity contribution in [2.75, 3.05) is 22.4 Å². The van der Waals surface area contributed by atoms with Crippen molar-refractivity contribution in [3.05, 3.63) is 58.6 Å². The van der Waals surface area contributed by atoms with E-state index in [0.717, 1.165) is 12.3 Å². The molecule has 0 aliphatic carbocycles. The Hall–Kier alpha value is -2.79. The van der Waals surface area contributed by atoms with Crippen LogP contribution in [0.5, 0.6) is 0 Å². The van der Waals surface area contributed by atoms with Crippen molar-refractivity contribution in [2.45, 2.75) is 32.5 Å². The van der Waals surface area contributed by atoms with Crippen LogP contribution in [0.15, 0.2) is 42.5 Å². The van der Waals surface area contributed by atoms with Crippen molar-refractivity contribution in [3.63, 3.8) is 0 Å². The molecule has 2 aromatic carbocycles. The highest BCUT2D eigenvalue weighted by Gasteiger charge is 2.33. The predicted molar refractivity (Wildman–Crippen MR) is 121 cm³/mol. The molecular formula is C21H23ClF3N3O4S. The van der Waals surface area contributed by atoms with Crippen LogP contribution in [0.2, 0.25) is 5.02 Å². The van der Waals surface area contributed by atoms with Gasteiger partial charge in [-0.15, -0.1) is 0 Å². The van der Waals surface area contributed by atoms with Crippen LogP contribution in [-0.4, -0.2) is 39.1 Å². The van der Waals surface area contributed by atoms with Crippen LogP contribution in [0.3, 0.4) is 0 Å². The van der Waals surface area contributed by atoms with Gasteiger partial charge in [0, 0.05) is 6.04 Å². The Balaban J connectivity index is 2.34. The molecule has 0 bridgehead atoms. The minimum atomic E-state index is -4.74. The van der Waals surface area contributed by atoms with Gasteiger partial charge in [-0.25, -0.2) is 8.42 Å². The van der Waals surface area contributed by atoms with Crippen LogP contribution in [0.25, 0.3) is 0 Å². The van der Waals surface area contributed by atoms with Gasteiger partial charge in [0.05, 0.1) is 33.8 Å². The Morgan fingerprint density at radius 3 is 2.36 bits per heavy atom. The number of alkyl halides is 3. The Kier molecular flexibility index (Phi) is 8.36. The fourth-order valence-corrected chi connectivity index (χ4v) is 3.90. The van der Waals surface area contributed by atoms with E-state index in [1.54, 1.807) is 12.1 Å². The quantitative estimate of drug-likeness (QED) is 0.559. The van der Waals surface area contributed by atoms with E-state index in [0.29, 0.717) is 22.9 Å². The van der Waals surface area contributed by atoms with Gasteiger partial charge in [0.25, 0.3) is 5.91 Å². The van der Waals surface area contributed by atoms with Gasteiger partial charge in [0.2, 0.25) is 15.9 Å². The molecule has 0 saturated heterocycles. The smallest absolute Gasteiger partial charge is 0.350 e. The first-order valence-corrected chi connectivity index (χ1v) is 12.0. The summed E-state index contributed by atoms with van der Waals surface area (Å²) in [4.78, 5) is 25.2. The number of hydrogen-bond acceptors (Lipinski definition) is 4. The largest absolute Gasteiger partial charge is 0.416 e. The molecule has 0 aliphatic rings. The number of nitrogens with zero attached hydrogens (tertiary/aromatic N) is 1. The standard InChI is InChI=1S/C21H23ClF3N3O4S/c1-4-13(2)26-20(30)15-7-5-6-8-17(15)27-19(29)12-28(33(3,31)32)18-11-14(21(23,24)25)9-10-16(18)22/h5-11,13H,4,12H2,1-3H3,(H,26,30)(H,27,29)/t13-/m1/s1. The van der Waals surface area contributed by atoms with Gasteiger partial charge >= 0.3 is 6.18 Å². The van der Waals surface area contributed by atoms with Gasteiger partial charge in [-0.2, -0.15) is 13.2 Å².